The monoisotopic (exact) mass is 379 g/mol. The number of carbonyl (C=O) groups is 2. The third kappa shape index (κ3) is 3.59. The van der Waals surface area contributed by atoms with Crippen molar-refractivity contribution in [1.82, 2.24) is 14.9 Å². The summed E-state index contributed by atoms with van der Waals surface area (Å²) in [5, 5.41) is 13.2. The number of nitriles is 1. The molecular weight excluding hydrogens is 354 g/mol. The second-order valence-electron chi connectivity index (χ2n) is 7.79. The van der Waals surface area contributed by atoms with Gasteiger partial charge in [0, 0.05) is 30.6 Å². The number of aromatic nitrogens is 2. The molecule has 0 spiro atoms. The van der Waals surface area contributed by atoms with Crippen molar-refractivity contribution in [2.24, 2.45) is 11.8 Å². The number of aromatic amines is 1. The van der Waals surface area contributed by atoms with Crippen molar-refractivity contribution in [3.8, 4) is 6.07 Å². The number of pyridine rings is 1. The fourth-order valence-corrected chi connectivity index (χ4v) is 3.99. The molecule has 4 rings (SSSR count). The summed E-state index contributed by atoms with van der Waals surface area (Å²) in [6, 6.07) is 6.12. The van der Waals surface area contributed by atoms with Crippen molar-refractivity contribution < 1.29 is 9.59 Å². The summed E-state index contributed by atoms with van der Waals surface area (Å²) in [7, 11) is 0. The molecule has 7 heteroatoms. The first-order chi connectivity index (χ1) is 13.6. The molecule has 146 valence electrons. The fourth-order valence-electron chi connectivity index (χ4n) is 3.99. The van der Waals surface area contributed by atoms with Gasteiger partial charge in [0.15, 0.2) is 0 Å². The van der Waals surface area contributed by atoms with E-state index in [9.17, 15) is 9.59 Å². The number of rotatable bonds is 5. The lowest BCUT2D eigenvalue weighted by Gasteiger charge is -2.33. The van der Waals surface area contributed by atoms with Crippen LogP contribution in [0.5, 0.6) is 0 Å². The number of hydrogen-bond donors (Lipinski definition) is 2. The Hall–Kier alpha value is -2.88. The molecule has 1 aliphatic carbocycles. The summed E-state index contributed by atoms with van der Waals surface area (Å²) in [5.74, 6) is 0.470. The maximum Gasteiger partial charge on any atom is 0.239 e. The van der Waals surface area contributed by atoms with Crippen LogP contribution in [0.25, 0.3) is 11.0 Å². The number of carbonyl (C=O) groups excluding carboxylic acids is 2. The predicted molar refractivity (Wildman–Crippen MR) is 105 cm³/mol. The maximum atomic E-state index is 12.5. The third-order valence-electron chi connectivity index (χ3n) is 5.87. The highest BCUT2D eigenvalue weighted by Gasteiger charge is 2.31. The molecule has 2 fully saturated rings. The van der Waals surface area contributed by atoms with Crippen LogP contribution in [0, 0.1) is 23.2 Å². The minimum atomic E-state index is -0.543. The second kappa shape index (κ2) is 7.63. The third-order valence-corrected chi connectivity index (χ3v) is 5.87. The zero-order chi connectivity index (χ0) is 19.7. The molecule has 2 aromatic heterocycles. The van der Waals surface area contributed by atoms with Crippen molar-refractivity contribution in [3.63, 3.8) is 0 Å². The number of piperidine rings is 1. The Morgan fingerprint density at radius 1 is 1.36 bits per heavy atom. The first-order valence-corrected chi connectivity index (χ1v) is 10.1. The number of nitrogens with zero attached hydrogens (tertiary/aromatic N) is 3. The first-order valence-electron chi connectivity index (χ1n) is 10.1. The number of fused-ring (bicyclic) bond motifs is 1. The van der Waals surface area contributed by atoms with E-state index >= 15 is 0 Å². The van der Waals surface area contributed by atoms with Gasteiger partial charge in [0.1, 0.15) is 17.4 Å². The van der Waals surface area contributed by atoms with E-state index in [0.717, 1.165) is 42.3 Å². The molecule has 3 heterocycles. The standard InChI is InChI=1S/C21H25N5O2/c1-2-13(12-22)21(28)26-9-6-14(7-10-26)17-11-18(25-20(27)15-3-4-15)24-19-16(17)5-8-23-19/h5,8,11,13-15H,2-4,6-7,9-10H2,1H3,(H2,23,24,25,27). The van der Waals surface area contributed by atoms with Crippen LogP contribution in [0.15, 0.2) is 18.3 Å². The van der Waals surface area contributed by atoms with E-state index in [-0.39, 0.29) is 17.7 Å². The van der Waals surface area contributed by atoms with Crippen LogP contribution in [0.2, 0.25) is 0 Å². The molecule has 1 saturated carbocycles. The normalized spacial score (nSPS) is 18.6. The summed E-state index contributed by atoms with van der Waals surface area (Å²) >= 11 is 0. The second-order valence-corrected chi connectivity index (χ2v) is 7.79. The van der Waals surface area contributed by atoms with E-state index in [4.69, 9.17) is 5.26 Å². The Balaban J connectivity index is 1.51. The lowest BCUT2D eigenvalue weighted by molar-refractivity contribution is -0.134. The number of hydrogen-bond acceptors (Lipinski definition) is 4. The van der Waals surface area contributed by atoms with Crippen molar-refractivity contribution in [2.45, 2.75) is 44.9 Å². The van der Waals surface area contributed by atoms with Crippen molar-refractivity contribution >= 4 is 28.7 Å². The average molecular weight is 379 g/mol. The molecule has 2 amide bonds. The Kier molecular flexibility index (Phi) is 5.03. The van der Waals surface area contributed by atoms with Gasteiger partial charge in [-0.05, 0) is 55.7 Å². The molecule has 7 nitrogen and oxygen atoms in total. The lowest BCUT2D eigenvalue weighted by atomic mass is 9.87. The molecule has 0 radical (unpaired) electrons. The number of nitrogens with one attached hydrogen (secondary N) is 2. The van der Waals surface area contributed by atoms with Crippen molar-refractivity contribution in [3.05, 3.63) is 23.9 Å². The number of anilines is 1. The number of amides is 2. The topological polar surface area (TPSA) is 102 Å². The van der Waals surface area contributed by atoms with Crippen LogP contribution in [-0.4, -0.2) is 39.8 Å². The van der Waals surface area contributed by atoms with Gasteiger partial charge in [0.25, 0.3) is 0 Å². The van der Waals surface area contributed by atoms with Gasteiger partial charge in [0.2, 0.25) is 11.8 Å². The van der Waals surface area contributed by atoms with Crippen LogP contribution in [-0.2, 0) is 9.59 Å². The summed E-state index contributed by atoms with van der Waals surface area (Å²) in [5.41, 5.74) is 1.94. The van der Waals surface area contributed by atoms with Gasteiger partial charge >= 0.3 is 0 Å². The van der Waals surface area contributed by atoms with E-state index in [1.165, 1.54) is 0 Å². The molecule has 1 unspecified atom stereocenters. The fraction of sp³-hybridized carbons (Fsp3) is 0.524. The van der Waals surface area contributed by atoms with Gasteiger partial charge in [0.05, 0.1) is 6.07 Å². The van der Waals surface area contributed by atoms with E-state index < -0.39 is 5.92 Å². The lowest BCUT2D eigenvalue weighted by Crippen LogP contribution is -2.41. The van der Waals surface area contributed by atoms with Crippen molar-refractivity contribution in [1.29, 1.82) is 5.26 Å². The molecule has 2 aliphatic rings. The number of H-pyrrole nitrogens is 1. The van der Waals surface area contributed by atoms with E-state index in [0.29, 0.717) is 31.2 Å². The molecule has 1 saturated heterocycles. The summed E-state index contributed by atoms with van der Waals surface area (Å²) in [6.07, 6.45) is 6.01. The van der Waals surface area contributed by atoms with Gasteiger partial charge in [-0.1, -0.05) is 6.92 Å². The first kappa shape index (κ1) is 18.5. The predicted octanol–water partition coefficient (Wildman–Crippen LogP) is 3.17. The van der Waals surface area contributed by atoms with Crippen molar-refractivity contribution in [2.75, 3.05) is 18.4 Å². The minimum absolute atomic E-state index is 0.0480. The van der Waals surface area contributed by atoms with Gasteiger partial charge in [-0.3, -0.25) is 9.59 Å². The summed E-state index contributed by atoms with van der Waals surface area (Å²) in [4.78, 5) is 34.1. The molecule has 2 N–H and O–H groups in total. The highest BCUT2D eigenvalue weighted by Crippen LogP contribution is 2.35. The number of likely N-dealkylation sites (tertiary alicyclic amines) is 1. The quantitative estimate of drug-likeness (QED) is 0.833. The largest absolute Gasteiger partial charge is 0.346 e. The minimum Gasteiger partial charge on any atom is -0.346 e. The SMILES string of the molecule is CCC(C#N)C(=O)N1CCC(c2cc(NC(=O)C3CC3)nc3[nH]ccc23)CC1. The van der Waals surface area contributed by atoms with Gasteiger partial charge in [-0.25, -0.2) is 4.98 Å². The zero-order valence-corrected chi connectivity index (χ0v) is 16.1. The maximum absolute atomic E-state index is 12.5. The average Bonchev–Trinajstić information content (AvgIpc) is 3.46. The van der Waals surface area contributed by atoms with E-state index in [1.54, 1.807) is 0 Å². The Morgan fingerprint density at radius 3 is 2.75 bits per heavy atom. The van der Waals surface area contributed by atoms with Gasteiger partial charge in [-0.15, -0.1) is 0 Å². The van der Waals surface area contributed by atoms with Gasteiger partial charge < -0.3 is 15.2 Å². The Bertz CT molecular complexity index is 932. The molecule has 0 aromatic carbocycles. The zero-order valence-electron chi connectivity index (χ0n) is 16.1. The molecular formula is C21H25N5O2. The molecule has 2 aromatic rings. The molecule has 1 atom stereocenters. The Morgan fingerprint density at radius 2 is 2.11 bits per heavy atom. The molecule has 1 aliphatic heterocycles. The van der Waals surface area contributed by atoms with Gasteiger partial charge in [-0.2, -0.15) is 5.26 Å². The van der Waals surface area contributed by atoms with E-state index in [2.05, 4.69) is 21.4 Å². The van der Waals surface area contributed by atoms with Crippen LogP contribution >= 0.6 is 0 Å². The van der Waals surface area contributed by atoms with Crippen LogP contribution in [0.1, 0.15) is 50.5 Å². The summed E-state index contributed by atoms with van der Waals surface area (Å²) in [6.45, 7) is 3.18. The molecule has 0 bridgehead atoms. The van der Waals surface area contributed by atoms with Crippen LogP contribution in [0.4, 0.5) is 5.82 Å². The summed E-state index contributed by atoms with van der Waals surface area (Å²) < 4.78 is 0. The van der Waals surface area contributed by atoms with E-state index in [1.807, 2.05) is 30.2 Å². The van der Waals surface area contributed by atoms with Crippen LogP contribution in [0.3, 0.4) is 0 Å². The smallest absolute Gasteiger partial charge is 0.239 e. The van der Waals surface area contributed by atoms with Crippen LogP contribution < -0.4 is 5.32 Å². The highest BCUT2D eigenvalue weighted by molar-refractivity contribution is 5.94. The molecule has 28 heavy (non-hydrogen) atoms. The highest BCUT2D eigenvalue weighted by atomic mass is 16.2. The Labute approximate surface area is 164 Å².